The Kier molecular flexibility index (Phi) is 1.62. The van der Waals surface area contributed by atoms with Crippen molar-refractivity contribution >= 4 is 5.84 Å². The monoisotopic (exact) mass is 179 g/mol. The zero-order valence-corrected chi connectivity index (χ0v) is 7.87. The summed E-state index contributed by atoms with van der Waals surface area (Å²) < 4.78 is 0. The number of nitrogens with one attached hydrogen (secondary N) is 1. The molecule has 4 atom stereocenters. The number of rotatable bonds is 0. The molecule has 2 aliphatic carbocycles. The molecular formula is C10H17N3. The first-order valence-corrected chi connectivity index (χ1v) is 5.39. The molecule has 2 aliphatic heterocycles. The van der Waals surface area contributed by atoms with Crippen molar-refractivity contribution in [3.8, 4) is 0 Å². The Hall–Kier alpha value is -0.570. The third-order valence-electron chi connectivity index (χ3n) is 3.97. The highest BCUT2D eigenvalue weighted by Gasteiger charge is 2.40. The molecular weight excluding hydrogens is 162 g/mol. The number of amidine groups is 1. The van der Waals surface area contributed by atoms with E-state index < -0.39 is 0 Å². The van der Waals surface area contributed by atoms with Crippen LogP contribution in [0.25, 0.3) is 0 Å². The first-order chi connectivity index (χ1) is 6.35. The average Bonchev–Trinajstić information content (AvgIpc) is 2.29. The van der Waals surface area contributed by atoms with Crippen molar-refractivity contribution in [3.05, 3.63) is 0 Å². The second kappa shape index (κ2) is 2.71. The summed E-state index contributed by atoms with van der Waals surface area (Å²) in [5.74, 6) is 9.14. The van der Waals surface area contributed by atoms with Gasteiger partial charge >= 0.3 is 0 Å². The highest BCUT2D eigenvalue weighted by atomic mass is 15.3. The summed E-state index contributed by atoms with van der Waals surface area (Å²) in [6.45, 7) is 0. The summed E-state index contributed by atoms with van der Waals surface area (Å²) >= 11 is 0. The highest BCUT2D eigenvalue weighted by Crippen LogP contribution is 2.46. The Morgan fingerprint density at radius 2 is 1.77 bits per heavy atom. The topological polar surface area (TPSA) is 50.4 Å². The molecule has 4 rings (SSSR count). The lowest BCUT2D eigenvalue weighted by molar-refractivity contribution is 0.161. The van der Waals surface area contributed by atoms with Crippen LogP contribution in [0, 0.1) is 17.8 Å². The van der Waals surface area contributed by atoms with Crippen molar-refractivity contribution in [2.24, 2.45) is 28.6 Å². The van der Waals surface area contributed by atoms with Gasteiger partial charge in [0, 0.05) is 5.92 Å². The van der Waals surface area contributed by atoms with Gasteiger partial charge in [0.15, 0.2) is 0 Å². The zero-order valence-electron chi connectivity index (χ0n) is 7.87. The van der Waals surface area contributed by atoms with Gasteiger partial charge in [-0.3, -0.25) is 4.99 Å². The average molecular weight is 179 g/mol. The van der Waals surface area contributed by atoms with Crippen LogP contribution in [0.4, 0.5) is 0 Å². The molecule has 0 aromatic carbocycles. The minimum atomic E-state index is 0.585. The number of nitrogens with zero attached hydrogens (tertiary/aromatic N) is 1. The van der Waals surface area contributed by atoms with Gasteiger partial charge in [0.05, 0.1) is 6.04 Å². The Morgan fingerprint density at radius 1 is 1.08 bits per heavy atom. The number of nitrogens with two attached hydrogens (primary N) is 1. The Balaban J connectivity index is 1.94. The minimum Gasteiger partial charge on any atom is -0.312 e. The fourth-order valence-corrected chi connectivity index (χ4v) is 3.60. The van der Waals surface area contributed by atoms with Crippen molar-refractivity contribution in [1.29, 1.82) is 0 Å². The van der Waals surface area contributed by atoms with E-state index in [2.05, 4.69) is 5.43 Å². The van der Waals surface area contributed by atoms with E-state index >= 15 is 0 Å². The van der Waals surface area contributed by atoms with E-state index in [1.165, 1.54) is 32.1 Å². The molecule has 2 saturated carbocycles. The molecule has 4 bridgehead atoms. The van der Waals surface area contributed by atoms with E-state index in [-0.39, 0.29) is 0 Å². The van der Waals surface area contributed by atoms with Crippen molar-refractivity contribution in [2.45, 2.75) is 38.1 Å². The van der Waals surface area contributed by atoms with Gasteiger partial charge in [0.25, 0.3) is 0 Å². The lowest BCUT2D eigenvalue weighted by atomic mass is 9.68. The minimum absolute atomic E-state index is 0.585. The standard InChI is InChI=1S/C10H17N3/c11-13-10-8-2-6-1-7(3-8)5-9(4-6)12-10/h6-9H,1-5,11H2,(H,12,13)/t6-,7+,8?,9?. The SMILES string of the molecule is NNC1=NC2C[C@@H]3CC1C[C@H](C2)C3. The van der Waals surface area contributed by atoms with Crippen LogP contribution in [0.1, 0.15) is 32.1 Å². The molecule has 0 saturated heterocycles. The molecule has 2 heterocycles. The fourth-order valence-electron chi connectivity index (χ4n) is 3.60. The second-order valence-electron chi connectivity index (χ2n) is 4.92. The largest absolute Gasteiger partial charge is 0.312 e. The third-order valence-corrected chi connectivity index (χ3v) is 3.97. The van der Waals surface area contributed by atoms with Crippen molar-refractivity contribution in [3.63, 3.8) is 0 Å². The van der Waals surface area contributed by atoms with E-state index in [4.69, 9.17) is 10.8 Å². The Morgan fingerprint density at radius 3 is 2.38 bits per heavy atom. The lowest BCUT2D eigenvalue weighted by Gasteiger charge is -2.37. The third kappa shape index (κ3) is 1.17. The van der Waals surface area contributed by atoms with Crippen LogP contribution in [0.3, 0.4) is 0 Å². The quantitative estimate of drug-likeness (QED) is 0.431. The predicted octanol–water partition coefficient (Wildman–Crippen LogP) is 1.06. The van der Waals surface area contributed by atoms with E-state index in [1.807, 2.05) is 0 Å². The molecule has 4 aliphatic rings. The summed E-state index contributed by atoms with van der Waals surface area (Å²) in [7, 11) is 0. The van der Waals surface area contributed by atoms with Crippen LogP contribution in [0.5, 0.6) is 0 Å². The summed E-state index contributed by atoms with van der Waals surface area (Å²) in [5, 5.41) is 0. The molecule has 0 spiro atoms. The first kappa shape index (κ1) is 7.80. The molecule has 3 nitrogen and oxygen atoms in total. The lowest BCUT2D eigenvalue weighted by Crippen LogP contribution is -2.38. The summed E-state index contributed by atoms with van der Waals surface area (Å²) in [4.78, 5) is 4.72. The summed E-state index contributed by atoms with van der Waals surface area (Å²) in [6, 6.07) is 0.585. The van der Waals surface area contributed by atoms with Crippen LogP contribution in [-0.2, 0) is 0 Å². The van der Waals surface area contributed by atoms with Gasteiger partial charge in [-0.1, -0.05) is 0 Å². The fraction of sp³-hybridized carbons (Fsp3) is 0.900. The molecule has 0 aromatic heterocycles. The van der Waals surface area contributed by atoms with Gasteiger partial charge < -0.3 is 5.43 Å². The Labute approximate surface area is 78.8 Å². The normalized spacial score (nSPS) is 47.3. The highest BCUT2D eigenvalue weighted by molar-refractivity contribution is 5.84. The maximum atomic E-state index is 5.51. The smallest absolute Gasteiger partial charge is 0.114 e. The van der Waals surface area contributed by atoms with Crippen LogP contribution in [0.15, 0.2) is 4.99 Å². The van der Waals surface area contributed by atoms with E-state index in [9.17, 15) is 0 Å². The maximum Gasteiger partial charge on any atom is 0.114 e. The number of hydrogen-bond acceptors (Lipinski definition) is 3. The number of hydrazine groups is 1. The van der Waals surface area contributed by atoms with Gasteiger partial charge in [0.1, 0.15) is 5.84 Å². The first-order valence-electron chi connectivity index (χ1n) is 5.39. The molecule has 13 heavy (non-hydrogen) atoms. The molecule has 0 radical (unpaired) electrons. The number of aliphatic imine (C=N–C) groups is 1. The van der Waals surface area contributed by atoms with Crippen LogP contribution >= 0.6 is 0 Å². The van der Waals surface area contributed by atoms with Crippen molar-refractivity contribution < 1.29 is 0 Å². The molecule has 72 valence electrons. The van der Waals surface area contributed by atoms with E-state index in [1.54, 1.807) is 0 Å². The predicted molar refractivity (Wildman–Crippen MR) is 52.1 cm³/mol. The molecule has 3 N–H and O–H groups in total. The van der Waals surface area contributed by atoms with Gasteiger partial charge in [-0.05, 0) is 43.9 Å². The van der Waals surface area contributed by atoms with Gasteiger partial charge in [-0.25, -0.2) is 5.84 Å². The second-order valence-corrected chi connectivity index (χ2v) is 4.92. The maximum absolute atomic E-state index is 5.51. The molecule has 0 aromatic rings. The van der Waals surface area contributed by atoms with Crippen LogP contribution in [0.2, 0.25) is 0 Å². The van der Waals surface area contributed by atoms with E-state index in [0.717, 1.165) is 17.7 Å². The van der Waals surface area contributed by atoms with Crippen LogP contribution in [-0.4, -0.2) is 11.9 Å². The van der Waals surface area contributed by atoms with Gasteiger partial charge in [-0.2, -0.15) is 0 Å². The molecule has 0 amide bonds. The molecule has 3 heteroatoms. The van der Waals surface area contributed by atoms with Crippen LogP contribution < -0.4 is 11.3 Å². The number of hydrogen-bond donors (Lipinski definition) is 2. The van der Waals surface area contributed by atoms with Gasteiger partial charge in [-0.15, -0.1) is 0 Å². The van der Waals surface area contributed by atoms with Crippen molar-refractivity contribution in [1.82, 2.24) is 5.43 Å². The zero-order chi connectivity index (χ0) is 8.84. The summed E-state index contributed by atoms with van der Waals surface area (Å²) in [5.41, 5.74) is 2.81. The Bertz CT molecular complexity index is 235. The van der Waals surface area contributed by atoms with E-state index in [0.29, 0.717) is 12.0 Å². The summed E-state index contributed by atoms with van der Waals surface area (Å²) in [6.07, 6.45) is 6.75. The molecule has 2 fully saturated rings. The van der Waals surface area contributed by atoms with Crippen molar-refractivity contribution in [2.75, 3.05) is 0 Å². The van der Waals surface area contributed by atoms with Gasteiger partial charge in [0.2, 0.25) is 0 Å². The molecule has 2 unspecified atom stereocenters.